The third kappa shape index (κ3) is 2.14. The highest BCUT2D eigenvalue weighted by Crippen LogP contribution is 2.34. The Morgan fingerprint density at radius 3 is 2.68 bits per heavy atom. The van der Waals surface area contributed by atoms with E-state index in [1.54, 1.807) is 23.5 Å². The lowest BCUT2D eigenvalue weighted by Gasteiger charge is -2.13. The maximum Gasteiger partial charge on any atom is 0.146 e. The van der Waals surface area contributed by atoms with Gasteiger partial charge in [-0.15, -0.1) is 11.3 Å². The van der Waals surface area contributed by atoms with E-state index in [0.717, 1.165) is 15.6 Å². The molecule has 2 aromatic carbocycles. The molecule has 0 fully saturated rings. The van der Waals surface area contributed by atoms with Gasteiger partial charge in [0.25, 0.3) is 0 Å². The summed E-state index contributed by atoms with van der Waals surface area (Å²) in [6, 6.07) is 12.4. The smallest absolute Gasteiger partial charge is 0.146 e. The van der Waals surface area contributed by atoms with Crippen molar-refractivity contribution in [2.75, 3.05) is 0 Å². The summed E-state index contributed by atoms with van der Waals surface area (Å²) in [4.78, 5) is 0. The maximum atomic E-state index is 14.0. The van der Waals surface area contributed by atoms with Crippen LogP contribution in [0.5, 0.6) is 0 Å². The van der Waals surface area contributed by atoms with Gasteiger partial charge >= 0.3 is 0 Å². The van der Waals surface area contributed by atoms with Crippen LogP contribution in [0.3, 0.4) is 0 Å². The van der Waals surface area contributed by atoms with E-state index in [2.05, 4.69) is 0 Å². The largest absolute Gasteiger partial charge is 0.320 e. The number of halogens is 2. The molecule has 96 valence electrons. The first kappa shape index (κ1) is 12.6. The molecule has 0 amide bonds. The van der Waals surface area contributed by atoms with Crippen molar-refractivity contribution in [1.29, 1.82) is 0 Å². The topological polar surface area (TPSA) is 26.0 Å². The molecule has 19 heavy (non-hydrogen) atoms. The van der Waals surface area contributed by atoms with Crippen LogP contribution in [0.4, 0.5) is 4.39 Å². The second-order valence-corrected chi connectivity index (χ2v) is 5.63. The minimum absolute atomic E-state index is 0.104. The van der Waals surface area contributed by atoms with Gasteiger partial charge in [0, 0.05) is 10.3 Å². The fourth-order valence-corrected chi connectivity index (χ4v) is 3.35. The van der Waals surface area contributed by atoms with Crippen LogP contribution < -0.4 is 5.73 Å². The molecule has 0 aliphatic heterocycles. The molecule has 1 atom stereocenters. The van der Waals surface area contributed by atoms with Gasteiger partial charge in [-0.05, 0) is 28.5 Å². The molecule has 1 aromatic heterocycles. The summed E-state index contributed by atoms with van der Waals surface area (Å²) in [5, 5.41) is 3.15. The van der Waals surface area contributed by atoms with Crippen LogP contribution in [0, 0.1) is 5.82 Å². The molecule has 3 rings (SSSR count). The van der Waals surface area contributed by atoms with E-state index in [1.807, 2.05) is 29.6 Å². The van der Waals surface area contributed by atoms with Crippen molar-refractivity contribution in [3.05, 3.63) is 69.8 Å². The normalized spacial score (nSPS) is 12.8. The predicted molar refractivity (Wildman–Crippen MR) is 79.3 cm³/mol. The number of nitrogens with two attached hydrogens (primary N) is 1. The first-order valence-corrected chi connectivity index (χ1v) is 7.10. The highest BCUT2D eigenvalue weighted by atomic mass is 35.5. The van der Waals surface area contributed by atoms with Crippen molar-refractivity contribution in [3.8, 4) is 0 Å². The average molecular weight is 292 g/mol. The summed E-state index contributed by atoms with van der Waals surface area (Å²) in [5.41, 5.74) is 7.56. The molecule has 1 unspecified atom stereocenters. The van der Waals surface area contributed by atoms with Gasteiger partial charge in [0.15, 0.2) is 0 Å². The fourth-order valence-electron chi connectivity index (χ4n) is 2.17. The van der Waals surface area contributed by atoms with Crippen LogP contribution in [-0.4, -0.2) is 0 Å². The van der Waals surface area contributed by atoms with E-state index in [9.17, 15) is 4.39 Å². The van der Waals surface area contributed by atoms with Crippen molar-refractivity contribution in [1.82, 2.24) is 0 Å². The third-order valence-electron chi connectivity index (χ3n) is 3.16. The molecular weight excluding hydrogens is 281 g/mol. The Hall–Kier alpha value is -1.42. The summed E-state index contributed by atoms with van der Waals surface area (Å²) in [6.45, 7) is 0. The van der Waals surface area contributed by atoms with Gasteiger partial charge in [-0.1, -0.05) is 41.9 Å². The Balaban J connectivity index is 2.13. The molecule has 0 aliphatic carbocycles. The first-order chi connectivity index (χ1) is 9.18. The SMILES string of the molecule is NC(c1cccc(Cl)c1F)c1csc2ccccc12. The monoisotopic (exact) mass is 291 g/mol. The Kier molecular flexibility index (Phi) is 3.27. The molecule has 0 spiro atoms. The molecule has 0 bridgehead atoms. The number of fused-ring (bicyclic) bond motifs is 1. The quantitative estimate of drug-likeness (QED) is 0.725. The van der Waals surface area contributed by atoms with E-state index in [4.69, 9.17) is 17.3 Å². The second kappa shape index (κ2) is 4.93. The Bertz CT molecular complexity index is 738. The summed E-state index contributed by atoms with van der Waals surface area (Å²) in [6.07, 6.45) is 0. The standard InChI is InChI=1S/C15H11ClFNS/c16-12-6-3-5-10(14(12)17)15(18)11-8-19-13-7-2-1-4-9(11)13/h1-8,15H,18H2. The first-order valence-electron chi connectivity index (χ1n) is 5.84. The van der Waals surface area contributed by atoms with E-state index in [-0.39, 0.29) is 5.02 Å². The van der Waals surface area contributed by atoms with Crippen molar-refractivity contribution in [2.45, 2.75) is 6.04 Å². The van der Waals surface area contributed by atoms with Crippen molar-refractivity contribution >= 4 is 33.0 Å². The van der Waals surface area contributed by atoms with Gasteiger partial charge in [0.2, 0.25) is 0 Å². The number of thiophene rings is 1. The zero-order valence-corrected chi connectivity index (χ0v) is 11.5. The lowest BCUT2D eigenvalue weighted by atomic mass is 9.98. The van der Waals surface area contributed by atoms with Crippen LogP contribution >= 0.6 is 22.9 Å². The molecule has 2 N–H and O–H groups in total. The minimum Gasteiger partial charge on any atom is -0.320 e. The fraction of sp³-hybridized carbons (Fsp3) is 0.0667. The third-order valence-corrected chi connectivity index (χ3v) is 4.44. The average Bonchev–Trinajstić information content (AvgIpc) is 2.85. The van der Waals surface area contributed by atoms with Gasteiger partial charge in [-0.25, -0.2) is 4.39 Å². The summed E-state index contributed by atoms with van der Waals surface area (Å²) < 4.78 is 15.2. The predicted octanol–water partition coefficient (Wildman–Crippen LogP) is 4.74. The minimum atomic E-state index is -0.505. The highest BCUT2D eigenvalue weighted by Gasteiger charge is 2.18. The summed E-state index contributed by atoms with van der Waals surface area (Å²) in [5.74, 6) is -0.438. The van der Waals surface area contributed by atoms with Crippen molar-refractivity contribution < 1.29 is 4.39 Å². The Morgan fingerprint density at radius 2 is 1.84 bits per heavy atom. The van der Waals surface area contributed by atoms with Crippen molar-refractivity contribution in [2.24, 2.45) is 5.73 Å². The van der Waals surface area contributed by atoms with Gasteiger partial charge in [0.1, 0.15) is 5.82 Å². The molecule has 1 nitrogen and oxygen atoms in total. The number of benzene rings is 2. The molecule has 0 aliphatic rings. The Labute approximate surface area is 119 Å². The summed E-state index contributed by atoms with van der Waals surface area (Å²) in [7, 11) is 0. The van der Waals surface area contributed by atoms with Crippen LogP contribution in [0.15, 0.2) is 47.8 Å². The summed E-state index contributed by atoms with van der Waals surface area (Å²) >= 11 is 7.42. The molecule has 0 radical (unpaired) electrons. The lowest BCUT2D eigenvalue weighted by molar-refractivity contribution is 0.601. The zero-order valence-electron chi connectivity index (χ0n) is 9.94. The number of hydrogen-bond donors (Lipinski definition) is 1. The zero-order chi connectivity index (χ0) is 13.4. The van der Waals surface area contributed by atoms with Gasteiger partial charge in [0.05, 0.1) is 11.1 Å². The molecule has 0 saturated carbocycles. The van der Waals surface area contributed by atoms with E-state index in [1.165, 1.54) is 6.07 Å². The Morgan fingerprint density at radius 1 is 1.05 bits per heavy atom. The molecule has 0 saturated heterocycles. The van der Waals surface area contributed by atoms with E-state index in [0.29, 0.717) is 5.56 Å². The van der Waals surface area contributed by atoms with Crippen LogP contribution in [-0.2, 0) is 0 Å². The lowest BCUT2D eigenvalue weighted by Crippen LogP contribution is -2.13. The highest BCUT2D eigenvalue weighted by molar-refractivity contribution is 7.17. The number of rotatable bonds is 2. The van der Waals surface area contributed by atoms with Crippen molar-refractivity contribution in [3.63, 3.8) is 0 Å². The van der Waals surface area contributed by atoms with Gasteiger partial charge in [-0.2, -0.15) is 0 Å². The van der Waals surface area contributed by atoms with E-state index < -0.39 is 11.9 Å². The van der Waals surface area contributed by atoms with Gasteiger partial charge < -0.3 is 5.73 Å². The van der Waals surface area contributed by atoms with Crippen LogP contribution in [0.25, 0.3) is 10.1 Å². The van der Waals surface area contributed by atoms with Crippen LogP contribution in [0.1, 0.15) is 17.2 Å². The van der Waals surface area contributed by atoms with Crippen LogP contribution in [0.2, 0.25) is 5.02 Å². The van der Waals surface area contributed by atoms with Gasteiger partial charge in [-0.3, -0.25) is 0 Å². The van der Waals surface area contributed by atoms with E-state index >= 15 is 0 Å². The second-order valence-electron chi connectivity index (χ2n) is 4.31. The molecule has 1 heterocycles. The number of hydrogen-bond acceptors (Lipinski definition) is 2. The molecule has 3 aromatic rings. The molecular formula is C15H11ClFNS. The maximum absolute atomic E-state index is 14.0. The molecule has 4 heteroatoms.